The highest BCUT2D eigenvalue weighted by Gasteiger charge is 2.52. The number of ether oxygens (including phenoxy) is 7. The molecule has 0 spiro atoms. The van der Waals surface area contributed by atoms with Gasteiger partial charge in [-0.05, 0) is 102 Å². The normalized spacial score (nSPS) is 47.0. The number of cyclic esters (lactones) is 1. The average molecular weight is 704 g/mol. The molecule has 3 saturated heterocycles. The quantitative estimate of drug-likeness (QED) is 0.274. The lowest BCUT2D eigenvalue weighted by Crippen LogP contribution is -2.59. The molecule has 3 aliphatic carbocycles. The van der Waals surface area contributed by atoms with Gasteiger partial charge in [-0.15, -0.1) is 0 Å². The Hall–Kier alpha value is -1.70. The molecule has 50 heavy (non-hydrogen) atoms. The van der Waals surface area contributed by atoms with Crippen LogP contribution >= 0.6 is 0 Å². The van der Waals surface area contributed by atoms with Crippen LogP contribution in [0.15, 0.2) is 23.8 Å². The molecule has 1 saturated carbocycles. The first-order valence-electron chi connectivity index (χ1n) is 19.2. The van der Waals surface area contributed by atoms with E-state index >= 15 is 0 Å². The van der Waals surface area contributed by atoms with Crippen molar-refractivity contribution in [3.63, 3.8) is 0 Å². The molecule has 6 aliphatic rings. The molecule has 6 rings (SSSR count). The maximum Gasteiger partial charge on any atom is 0.306 e. The van der Waals surface area contributed by atoms with Crippen molar-refractivity contribution in [3.05, 3.63) is 23.8 Å². The van der Waals surface area contributed by atoms with Gasteiger partial charge in [0.1, 0.15) is 24.4 Å². The molecule has 2 N–H and O–H groups in total. The molecule has 11 nitrogen and oxygen atoms in total. The van der Waals surface area contributed by atoms with Crippen molar-refractivity contribution >= 4 is 11.8 Å². The molecule has 0 aromatic carbocycles. The summed E-state index contributed by atoms with van der Waals surface area (Å²) in [6.45, 7) is 7.94. The lowest BCUT2D eigenvalue weighted by molar-refractivity contribution is -0.311. The lowest BCUT2D eigenvalue weighted by Gasteiger charge is -2.43. The Balaban J connectivity index is 1.21. The highest BCUT2D eigenvalue weighted by Crippen LogP contribution is 2.54. The van der Waals surface area contributed by atoms with Crippen molar-refractivity contribution in [3.8, 4) is 0 Å². The van der Waals surface area contributed by atoms with Gasteiger partial charge < -0.3 is 43.6 Å². The van der Waals surface area contributed by atoms with Gasteiger partial charge in [-0.1, -0.05) is 32.1 Å². The molecule has 3 aliphatic heterocycles. The molecule has 4 fully saturated rings. The van der Waals surface area contributed by atoms with Gasteiger partial charge in [0.2, 0.25) is 0 Å². The lowest BCUT2D eigenvalue weighted by atomic mass is 9.70. The van der Waals surface area contributed by atoms with E-state index in [1.165, 1.54) is 0 Å². The van der Waals surface area contributed by atoms with Crippen molar-refractivity contribution < 1.29 is 47.9 Å². The predicted molar refractivity (Wildman–Crippen MR) is 185 cm³/mol. The zero-order valence-electron chi connectivity index (χ0n) is 31.0. The summed E-state index contributed by atoms with van der Waals surface area (Å²) >= 11 is 0. The van der Waals surface area contributed by atoms with Crippen LogP contribution in [0.4, 0.5) is 0 Å². The van der Waals surface area contributed by atoms with Crippen LogP contribution in [0.3, 0.4) is 0 Å². The molecular formula is C39H61NO10. The fourth-order valence-electron chi connectivity index (χ4n) is 9.80. The standard InChI is InChI=1S/C39H61NO10/c1-8-24-10-9-11-32(50-34-15-14-31(40-5)21(3)46-34)20(2)35(42)30-18-28-26(29(30)19-33(41)48-24)13-12-23-16-25(17-27(23)28)49-39-38(45-7)37(44-6)36(43)22(4)47-39/h12-13,18,20-29,31-32,34,36-40,43H,8-11,14-17,19H2,1-7H3/t20-,21-,22+,23-,24+,25-,26-,27-,28-,29+,31+,32+,34+,36+,37-,38-,39+/m1/s1. The van der Waals surface area contributed by atoms with E-state index in [9.17, 15) is 14.7 Å². The van der Waals surface area contributed by atoms with Gasteiger partial charge in [0.25, 0.3) is 0 Å². The third kappa shape index (κ3) is 7.81. The third-order valence-electron chi connectivity index (χ3n) is 12.8. The topological polar surface area (TPSA) is 131 Å². The molecule has 0 amide bonds. The van der Waals surface area contributed by atoms with Crippen molar-refractivity contribution in [1.82, 2.24) is 5.32 Å². The number of hydrogen-bond acceptors (Lipinski definition) is 11. The van der Waals surface area contributed by atoms with Gasteiger partial charge in [0.05, 0.1) is 30.8 Å². The zero-order chi connectivity index (χ0) is 35.7. The van der Waals surface area contributed by atoms with Gasteiger partial charge in [0, 0.05) is 32.1 Å². The first-order valence-corrected chi connectivity index (χ1v) is 19.2. The van der Waals surface area contributed by atoms with Gasteiger partial charge in [-0.25, -0.2) is 0 Å². The molecule has 0 aromatic rings. The number of aliphatic hydroxyl groups is 1. The number of rotatable bonds is 8. The van der Waals surface area contributed by atoms with Crippen LogP contribution in [0, 0.1) is 35.5 Å². The molecule has 0 bridgehead atoms. The maximum absolute atomic E-state index is 14.6. The summed E-state index contributed by atoms with van der Waals surface area (Å²) in [6.07, 6.45) is 9.27. The molecule has 0 aromatic heterocycles. The monoisotopic (exact) mass is 703 g/mol. The molecular weight excluding hydrogens is 642 g/mol. The van der Waals surface area contributed by atoms with Crippen molar-refractivity contribution in [1.29, 1.82) is 0 Å². The summed E-state index contributed by atoms with van der Waals surface area (Å²) in [7, 11) is 5.10. The van der Waals surface area contributed by atoms with Crippen LogP contribution in [0.25, 0.3) is 0 Å². The minimum atomic E-state index is -0.822. The van der Waals surface area contributed by atoms with Gasteiger partial charge in [-0.3, -0.25) is 9.59 Å². The Morgan fingerprint density at radius 1 is 0.920 bits per heavy atom. The minimum absolute atomic E-state index is 0.0188. The van der Waals surface area contributed by atoms with Gasteiger partial charge >= 0.3 is 5.97 Å². The molecule has 282 valence electrons. The van der Waals surface area contributed by atoms with Crippen LogP contribution in [0.2, 0.25) is 0 Å². The smallest absolute Gasteiger partial charge is 0.306 e. The Labute approximate surface area is 298 Å². The Bertz CT molecular complexity index is 1240. The number of aliphatic hydroxyl groups excluding tert-OH is 1. The summed E-state index contributed by atoms with van der Waals surface area (Å²) in [5.74, 6) is -0.113. The molecule has 0 unspecified atom stereocenters. The predicted octanol–water partition coefficient (Wildman–Crippen LogP) is 4.49. The van der Waals surface area contributed by atoms with Crippen LogP contribution in [0.5, 0.6) is 0 Å². The number of likely N-dealkylation sites (N-methyl/N-ethyl adjacent to an activating group) is 1. The molecule has 3 heterocycles. The van der Waals surface area contributed by atoms with E-state index in [4.69, 9.17) is 33.2 Å². The first kappa shape index (κ1) is 38.0. The zero-order valence-corrected chi connectivity index (χ0v) is 31.0. The fraction of sp³-hybridized carbons (Fsp3) is 0.846. The van der Waals surface area contributed by atoms with E-state index in [1.807, 2.05) is 20.9 Å². The number of fused-ring (bicyclic) bond motifs is 5. The van der Waals surface area contributed by atoms with Gasteiger partial charge in [-0.2, -0.15) is 0 Å². The summed E-state index contributed by atoms with van der Waals surface area (Å²) in [5.41, 5.74) is 0.746. The maximum atomic E-state index is 14.6. The molecule has 0 radical (unpaired) electrons. The van der Waals surface area contributed by atoms with Crippen molar-refractivity contribution in [2.75, 3.05) is 21.3 Å². The van der Waals surface area contributed by atoms with Crippen LogP contribution in [0.1, 0.15) is 85.5 Å². The number of carbonyl (C=O) groups excluding carboxylic acids is 2. The fourth-order valence-corrected chi connectivity index (χ4v) is 9.80. The molecule has 17 atom stereocenters. The summed E-state index contributed by atoms with van der Waals surface area (Å²) in [4.78, 5) is 28.0. The number of esters is 1. The SMILES string of the molecule is CC[C@H]1CCC[C@H](O[C@H]2CC[C@H](NC)[C@@H](C)O2)[C@@H](C)C(=O)C2=C[C@@H]3[C@@H](C=C[C@@H]4C[C@@H](O[C@@H]5O[C@@H](C)[C@H](O)[C@@H](OC)[C@H]5OC)C[C@@H]34)[C@@H]2CC(=O)O1. The number of nitrogens with one attached hydrogen (secondary N) is 1. The van der Waals surface area contributed by atoms with E-state index in [0.29, 0.717) is 6.42 Å². The minimum Gasteiger partial charge on any atom is -0.462 e. The highest BCUT2D eigenvalue weighted by atomic mass is 16.7. The van der Waals surface area contributed by atoms with E-state index in [0.717, 1.165) is 50.5 Å². The van der Waals surface area contributed by atoms with E-state index in [-0.39, 0.29) is 90.4 Å². The van der Waals surface area contributed by atoms with E-state index in [1.54, 1.807) is 14.2 Å². The van der Waals surface area contributed by atoms with Gasteiger partial charge in [0.15, 0.2) is 18.4 Å². The average Bonchev–Trinajstić information content (AvgIpc) is 3.68. The van der Waals surface area contributed by atoms with Crippen molar-refractivity contribution in [2.24, 2.45) is 35.5 Å². The summed E-state index contributed by atoms with van der Waals surface area (Å²) < 4.78 is 43.0. The summed E-state index contributed by atoms with van der Waals surface area (Å²) in [6, 6.07) is 0.283. The Morgan fingerprint density at radius 2 is 1.70 bits per heavy atom. The van der Waals surface area contributed by atoms with E-state index in [2.05, 4.69) is 37.4 Å². The number of allylic oxidation sites excluding steroid dienone is 4. The molecule has 11 heteroatoms. The van der Waals surface area contributed by atoms with Crippen molar-refractivity contribution in [2.45, 2.75) is 153 Å². The van der Waals surface area contributed by atoms with Crippen LogP contribution in [-0.4, -0.2) is 106 Å². The highest BCUT2D eigenvalue weighted by molar-refractivity contribution is 5.99. The largest absolute Gasteiger partial charge is 0.462 e. The Morgan fingerprint density at radius 3 is 2.40 bits per heavy atom. The Kier molecular flexibility index (Phi) is 12.6. The first-order chi connectivity index (χ1) is 24.1. The number of ketones is 1. The number of Topliss-reactive ketones (excluding diaryl/α,β-unsaturated/α-hetero) is 1. The summed E-state index contributed by atoms with van der Waals surface area (Å²) in [5, 5.41) is 14.0. The second kappa shape index (κ2) is 16.5. The third-order valence-corrected chi connectivity index (χ3v) is 12.8. The second-order valence-electron chi connectivity index (χ2n) is 15.7. The number of hydrogen-bond donors (Lipinski definition) is 2. The van der Waals surface area contributed by atoms with E-state index < -0.39 is 30.7 Å². The number of carbonyl (C=O) groups is 2. The number of methoxy groups -OCH3 is 2. The van der Waals surface area contributed by atoms with Crippen LogP contribution in [-0.2, 0) is 42.7 Å². The second-order valence-corrected chi connectivity index (χ2v) is 15.7. The van der Waals surface area contributed by atoms with Crippen LogP contribution < -0.4 is 5.32 Å².